The zero-order valence-electron chi connectivity index (χ0n) is 16.2. The fourth-order valence-corrected chi connectivity index (χ4v) is 3.79. The zero-order chi connectivity index (χ0) is 21.3. The van der Waals surface area contributed by atoms with Gasteiger partial charge in [-0.25, -0.2) is 4.39 Å². The molecule has 0 aliphatic carbocycles. The molecule has 0 aromatic heterocycles. The van der Waals surface area contributed by atoms with E-state index in [4.69, 9.17) is 16.3 Å². The first-order valence-electron chi connectivity index (χ1n) is 9.36. The summed E-state index contributed by atoms with van der Waals surface area (Å²) in [5, 5.41) is 11.4. The van der Waals surface area contributed by atoms with E-state index in [1.165, 1.54) is 12.1 Å². The van der Waals surface area contributed by atoms with E-state index in [9.17, 15) is 14.3 Å². The number of halogens is 2. The second-order valence-corrected chi connectivity index (χ2v) is 7.44. The summed E-state index contributed by atoms with van der Waals surface area (Å²) in [6.45, 7) is 0.218. The van der Waals surface area contributed by atoms with Crippen LogP contribution in [-0.2, 0) is 11.3 Å². The van der Waals surface area contributed by atoms with Crippen LogP contribution in [0.25, 0.3) is 5.57 Å². The van der Waals surface area contributed by atoms with Crippen molar-refractivity contribution in [2.45, 2.75) is 12.6 Å². The quantitative estimate of drug-likeness (QED) is 0.586. The van der Waals surface area contributed by atoms with Crippen LogP contribution in [0.4, 0.5) is 4.39 Å². The smallest absolute Gasteiger partial charge is 0.290 e. The second-order valence-electron chi connectivity index (χ2n) is 7.00. The Bertz CT molecular complexity index is 1090. The molecule has 0 unspecified atom stereocenters. The number of methoxy groups -OCH3 is 1. The lowest BCUT2D eigenvalue weighted by Crippen LogP contribution is -2.29. The van der Waals surface area contributed by atoms with Gasteiger partial charge in [0, 0.05) is 17.1 Å². The minimum Gasteiger partial charge on any atom is -0.503 e. The lowest BCUT2D eigenvalue weighted by atomic mass is 9.93. The van der Waals surface area contributed by atoms with Crippen LogP contribution >= 0.6 is 11.6 Å². The summed E-state index contributed by atoms with van der Waals surface area (Å²) in [4.78, 5) is 14.6. The van der Waals surface area contributed by atoms with Crippen LogP contribution in [0, 0.1) is 5.82 Å². The Labute approximate surface area is 178 Å². The average molecular weight is 424 g/mol. The minimum atomic E-state index is -0.520. The number of rotatable bonds is 5. The van der Waals surface area contributed by atoms with Gasteiger partial charge in [-0.1, -0.05) is 48.0 Å². The van der Waals surface area contributed by atoms with Crippen LogP contribution in [0.5, 0.6) is 5.75 Å². The summed E-state index contributed by atoms with van der Waals surface area (Å²) in [5.41, 5.74) is 2.78. The number of amides is 1. The van der Waals surface area contributed by atoms with Gasteiger partial charge in [-0.15, -0.1) is 0 Å². The number of hydrogen-bond donors (Lipinski definition) is 1. The molecule has 1 heterocycles. The van der Waals surface area contributed by atoms with Crippen molar-refractivity contribution < 1.29 is 19.0 Å². The van der Waals surface area contributed by atoms with Gasteiger partial charge in [0.2, 0.25) is 0 Å². The Morgan fingerprint density at radius 3 is 2.23 bits per heavy atom. The first-order valence-corrected chi connectivity index (χ1v) is 9.74. The lowest BCUT2D eigenvalue weighted by molar-refractivity contribution is -0.130. The Balaban J connectivity index is 1.79. The van der Waals surface area contributed by atoms with E-state index in [1.807, 2.05) is 24.3 Å². The van der Waals surface area contributed by atoms with E-state index in [0.29, 0.717) is 21.9 Å². The summed E-state index contributed by atoms with van der Waals surface area (Å²) in [5.74, 6) is -0.456. The predicted molar refractivity (Wildman–Crippen MR) is 114 cm³/mol. The topological polar surface area (TPSA) is 49.8 Å². The first-order chi connectivity index (χ1) is 14.5. The Kier molecular flexibility index (Phi) is 5.46. The summed E-state index contributed by atoms with van der Waals surface area (Å²) in [7, 11) is 1.58. The molecule has 3 aromatic rings. The fraction of sp³-hybridized carbons (Fsp3) is 0.125. The molecule has 0 bridgehead atoms. The van der Waals surface area contributed by atoms with Crippen LogP contribution in [0.3, 0.4) is 0 Å². The number of ether oxygens (including phenoxy) is 1. The number of carbonyl (C=O) groups excluding carboxylic acids is 1. The van der Waals surface area contributed by atoms with Crippen molar-refractivity contribution in [2.24, 2.45) is 0 Å². The average Bonchev–Trinajstić information content (AvgIpc) is 3.01. The van der Waals surface area contributed by atoms with Crippen molar-refractivity contribution in [1.82, 2.24) is 4.90 Å². The number of benzene rings is 3. The maximum atomic E-state index is 13.3. The van der Waals surface area contributed by atoms with Crippen molar-refractivity contribution in [3.63, 3.8) is 0 Å². The molecule has 4 rings (SSSR count). The molecule has 0 radical (unpaired) electrons. The number of carbonyl (C=O) groups is 1. The first kappa shape index (κ1) is 20.0. The van der Waals surface area contributed by atoms with Gasteiger partial charge in [-0.2, -0.15) is 0 Å². The van der Waals surface area contributed by atoms with Gasteiger partial charge in [0.1, 0.15) is 11.6 Å². The monoisotopic (exact) mass is 423 g/mol. The molecule has 152 valence electrons. The maximum Gasteiger partial charge on any atom is 0.290 e. The largest absolute Gasteiger partial charge is 0.503 e. The van der Waals surface area contributed by atoms with E-state index in [1.54, 1.807) is 48.4 Å². The van der Waals surface area contributed by atoms with Crippen molar-refractivity contribution in [3.8, 4) is 5.75 Å². The van der Waals surface area contributed by atoms with Gasteiger partial charge >= 0.3 is 0 Å². The van der Waals surface area contributed by atoms with Crippen LogP contribution in [-0.4, -0.2) is 23.0 Å². The molecule has 0 saturated heterocycles. The fourth-order valence-electron chi connectivity index (χ4n) is 3.66. The molecular weight excluding hydrogens is 405 g/mol. The van der Waals surface area contributed by atoms with E-state index in [2.05, 4.69) is 0 Å². The molecule has 1 atom stereocenters. The van der Waals surface area contributed by atoms with Gasteiger partial charge in [0.25, 0.3) is 5.91 Å². The van der Waals surface area contributed by atoms with Crippen LogP contribution < -0.4 is 4.74 Å². The van der Waals surface area contributed by atoms with Crippen molar-refractivity contribution >= 4 is 23.1 Å². The molecule has 6 heteroatoms. The molecule has 3 aromatic carbocycles. The molecule has 4 nitrogen and oxygen atoms in total. The van der Waals surface area contributed by atoms with E-state index in [0.717, 1.165) is 11.1 Å². The summed E-state index contributed by atoms with van der Waals surface area (Å²) in [6.07, 6.45) is 0. The highest BCUT2D eigenvalue weighted by molar-refractivity contribution is 6.30. The van der Waals surface area contributed by atoms with E-state index in [-0.39, 0.29) is 18.1 Å². The molecule has 0 saturated carbocycles. The predicted octanol–water partition coefficient (Wildman–Crippen LogP) is 5.54. The van der Waals surface area contributed by atoms with E-state index < -0.39 is 11.9 Å². The highest BCUT2D eigenvalue weighted by Crippen LogP contribution is 2.44. The minimum absolute atomic E-state index is 0.218. The zero-order valence-corrected chi connectivity index (χ0v) is 16.9. The number of aliphatic hydroxyl groups is 1. The molecule has 1 aliphatic rings. The van der Waals surface area contributed by atoms with Gasteiger partial charge in [-0.3, -0.25) is 4.79 Å². The molecule has 1 aliphatic heterocycles. The molecule has 0 fully saturated rings. The van der Waals surface area contributed by atoms with Crippen LogP contribution in [0.1, 0.15) is 22.7 Å². The lowest BCUT2D eigenvalue weighted by Gasteiger charge is -2.27. The third-order valence-corrected chi connectivity index (χ3v) is 5.41. The normalized spacial score (nSPS) is 16.3. The molecule has 1 amide bonds. The highest BCUT2D eigenvalue weighted by Gasteiger charge is 2.41. The molecule has 1 N–H and O–H groups in total. The third-order valence-electron chi connectivity index (χ3n) is 5.16. The van der Waals surface area contributed by atoms with Crippen molar-refractivity contribution in [2.75, 3.05) is 7.11 Å². The maximum absolute atomic E-state index is 13.3. The third kappa shape index (κ3) is 3.76. The highest BCUT2D eigenvalue weighted by atomic mass is 35.5. The summed E-state index contributed by atoms with van der Waals surface area (Å²) >= 11 is 6.05. The SMILES string of the molecule is COc1ccc(C2=C(O)C(=O)N(Cc3ccc(F)cc3)[C@@H]2c2ccc(Cl)cc2)cc1. The van der Waals surface area contributed by atoms with Crippen LogP contribution in [0.15, 0.2) is 78.6 Å². The van der Waals surface area contributed by atoms with Gasteiger partial charge in [0.15, 0.2) is 5.76 Å². The number of nitrogens with zero attached hydrogens (tertiary/aromatic N) is 1. The summed E-state index contributed by atoms with van der Waals surface area (Å²) < 4.78 is 18.5. The standard InChI is InChI=1S/C24H19ClFNO3/c1-30-20-12-6-16(7-13-20)21-22(17-4-8-18(25)9-5-17)27(24(29)23(21)28)14-15-2-10-19(26)11-3-15/h2-13,22,28H,14H2,1H3/t22-/m1/s1. The molecule has 30 heavy (non-hydrogen) atoms. The summed E-state index contributed by atoms with van der Waals surface area (Å²) in [6, 6.07) is 19.8. The second kappa shape index (κ2) is 8.20. The van der Waals surface area contributed by atoms with Gasteiger partial charge in [-0.05, 0) is 53.1 Å². The molecule has 0 spiro atoms. The Hall–Kier alpha value is -3.31. The van der Waals surface area contributed by atoms with E-state index >= 15 is 0 Å². The Morgan fingerprint density at radius 1 is 1.00 bits per heavy atom. The van der Waals surface area contributed by atoms with Crippen LogP contribution in [0.2, 0.25) is 5.02 Å². The Morgan fingerprint density at radius 2 is 1.63 bits per heavy atom. The molecular formula is C24H19ClFNO3. The number of hydrogen-bond acceptors (Lipinski definition) is 3. The van der Waals surface area contributed by atoms with Crippen molar-refractivity contribution in [1.29, 1.82) is 0 Å². The van der Waals surface area contributed by atoms with Gasteiger partial charge < -0.3 is 14.7 Å². The number of aliphatic hydroxyl groups excluding tert-OH is 1. The van der Waals surface area contributed by atoms with Gasteiger partial charge in [0.05, 0.1) is 13.2 Å². The van der Waals surface area contributed by atoms with Crippen molar-refractivity contribution in [3.05, 3.63) is 106 Å².